The molecule has 0 N–H and O–H groups in total. The first-order valence-electron chi connectivity index (χ1n) is 12.1. The molecule has 0 atom stereocenters. The van der Waals surface area contributed by atoms with Gasteiger partial charge in [0.25, 0.3) is 0 Å². The smallest absolute Gasteiger partial charge is 0.311 e. The molecule has 1 aromatic carbocycles. The van der Waals surface area contributed by atoms with Crippen molar-refractivity contribution in [2.75, 3.05) is 26.2 Å². The number of carbonyl (C=O) groups is 1. The summed E-state index contributed by atoms with van der Waals surface area (Å²) in [5.74, 6) is 0.186. The van der Waals surface area contributed by atoms with E-state index in [1.165, 1.54) is 81.5 Å². The molecule has 0 aliphatic rings. The Morgan fingerprint density at radius 3 is 2.13 bits per heavy atom. The van der Waals surface area contributed by atoms with Gasteiger partial charge in [0.05, 0.1) is 37.8 Å². The second kappa shape index (κ2) is 13.3. The highest BCUT2D eigenvalue weighted by Gasteiger charge is 2.19. The van der Waals surface area contributed by atoms with E-state index in [9.17, 15) is 9.59 Å². The van der Waals surface area contributed by atoms with Crippen molar-refractivity contribution >= 4 is 16.9 Å². The fraction of sp³-hybridized carbons (Fsp3) is 0.615. The minimum Gasteiger partial charge on any atom is -0.464 e. The van der Waals surface area contributed by atoms with Crippen LogP contribution in [0.25, 0.3) is 11.0 Å². The zero-order valence-electron chi connectivity index (χ0n) is 19.7. The first-order valence-corrected chi connectivity index (χ1v) is 12.1. The maximum atomic E-state index is 12.1. The van der Waals surface area contributed by atoms with E-state index in [0.29, 0.717) is 23.1 Å². The van der Waals surface area contributed by atoms with E-state index in [1.807, 2.05) is 0 Å². The number of unbranched alkanes of at least 4 members (excludes halogenated alkanes) is 7. The number of ether oxygens (including phenoxy) is 1. The zero-order valence-corrected chi connectivity index (χ0v) is 19.7. The van der Waals surface area contributed by atoms with Crippen molar-refractivity contribution in [1.29, 1.82) is 0 Å². The Balaban J connectivity index is 1.53. The summed E-state index contributed by atoms with van der Waals surface area (Å²) in [6, 6.07) is 6.25. The van der Waals surface area contributed by atoms with Crippen LogP contribution in [0.15, 0.2) is 39.7 Å². The molecule has 172 valence electrons. The van der Waals surface area contributed by atoms with E-state index < -0.39 is 0 Å². The van der Waals surface area contributed by atoms with Crippen LogP contribution >= 0.6 is 0 Å². The van der Waals surface area contributed by atoms with Crippen LogP contribution in [-0.4, -0.2) is 36.6 Å². The summed E-state index contributed by atoms with van der Waals surface area (Å²) in [6.07, 6.45) is 11.4. The van der Waals surface area contributed by atoms with Gasteiger partial charge in [-0.3, -0.25) is 9.59 Å². The molecule has 0 saturated carbocycles. The molecule has 5 nitrogen and oxygen atoms in total. The van der Waals surface area contributed by atoms with Gasteiger partial charge in [-0.25, -0.2) is 0 Å². The number of quaternary nitrogens is 1. The second-order valence-electron chi connectivity index (χ2n) is 8.51. The second-order valence-corrected chi connectivity index (χ2v) is 8.51. The average Bonchev–Trinajstić information content (AvgIpc) is 2.78. The Hall–Kier alpha value is -2.14. The number of hydrogen-bond acceptors (Lipinski definition) is 4. The standard InChI is InChI=1S/C26H40NO4/c1-4-27(5-2,6-3)19-14-12-10-8-7-9-11-13-15-26(29)31-22-16-17-23-24(28)18-20-30-25(23)21-22/h16-18,20-21H,4-15,19H2,1-3H3/q+1. The minimum absolute atomic E-state index is 0.103. The summed E-state index contributed by atoms with van der Waals surface area (Å²) < 4.78 is 12.0. The van der Waals surface area contributed by atoms with Crippen LogP contribution in [0.3, 0.4) is 0 Å². The van der Waals surface area contributed by atoms with Gasteiger partial charge in [-0.15, -0.1) is 0 Å². The number of esters is 1. The van der Waals surface area contributed by atoms with Gasteiger partial charge >= 0.3 is 5.97 Å². The molecule has 1 heterocycles. The average molecular weight is 431 g/mol. The Morgan fingerprint density at radius 1 is 0.871 bits per heavy atom. The third-order valence-electron chi connectivity index (χ3n) is 6.64. The number of benzene rings is 1. The van der Waals surface area contributed by atoms with E-state index >= 15 is 0 Å². The Kier molecular flexibility index (Phi) is 10.8. The van der Waals surface area contributed by atoms with Gasteiger partial charge in [0.2, 0.25) is 0 Å². The summed E-state index contributed by atoms with van der Waals surface area (Å²) in [6.45, 7) is 12.0. The molecule has 0 saturated heterocycles. The van der Waals surface area contributed by atoms with Crippen LogP contribution in [0.4, 0.5) is 0 Å². The third kappa shape index (κ3) is 8.13. The molecule has 0 fully saturated rings. The van der Waals surface area contributed by atoms with Gasteiger partial charge in [-0.05, 0) is 52.2 Å². The van der Waals surface area contributed by atoms with Gasteiger partial charge in [-0.1, -0.05) is 32.1 Å². The molecule has 0 amide bonds. The van der Waals surface area contributed by atoms with E-state index in [1.54, 1.807) is 18.2 Å². The number of hydrogen-bond donors (Lipinski definition) is 0. The van der Waals surface area contributed by atoms with Crippen molar-refractivity contribution in [2.45, 2.75) is 78.6 Å². The molecule has 1 aromatic heterocycles. The Morgan fingerprint density at radius 2 is 1.48 bits per heavy atom. The molecule has 0 bridgehead atoms. The zero-order chi connectivity index (χ0) is 22.5. The predicted octanol–water partition coefficient (Wildman–Crippen LogP) is 6.09. The number of carbonyl (C=O) groups excluding carboxylic acids is 1. The lowest BCUT2D eigenvalue weighted by atomic mass is 10.1. The summed E-state index contributed by atoms with van der Waals surface area (Å²) >= 11 is 0. The first kappa shape index (κ1) is 25.1. The lowest BCUT2D eigenvalue weighted by Gasteiger charge is -2.35. The van der Waals surface area contributed by atoms with Crippen molar-refractivity contribution < 1.29 is 18.4 Å². The quantitative estimate of drug-likeness (QED) is 0.149. The van der Waals surface area contributed by atoms with Gasteiger partial charge in [0.15, 0.2) is 5.43 Å². The fourth-order valence-corrected chi connectivity index (χ4v) is 4.23. The van der Waals surface area contributed by atoms with Crippen LogP contribution in [-0.2, 0) is 4.79 Å². The maximum absolute atomic E-state index is 12.1. The molecule has 2 aromatic rings. The summed E-state index contributed by atoms with van der Waals surface area (Å²) in [5.41, 5.74) is 0.329. The summed E-state index contributed by atoms with van der Waals surface area (Å²) in [4.78, 5) is 23.8. The number of fused-ring (bicyclic) bond motifs is 1. The first-order chi connectivity index (χ1) is 15.0. The highest BCUT2D eigenvalue weighted by molar-refractivity contribution is 5.79. The van der Waals surface area contributed by atoms with Crippen LogP contribution in [0.2, 0.25) is 0 Å². The SMILES string of the molecule is CC[N+](CC)(CC)CCCCCCCCCCC(=O)Oc1ccc2c(=O)ccoc2c1. The fourth-order valence-electron chi connectivity index (χ4n) is 4.23. The highest BCUT2D eigenvalue weighted by atomic mass is 16.5. The van der Waals surface area contributed by atoms with Crippen LogP contribution in [0, 0.1) is 0 Å². The van der Waals surface area contributed by atoms with Gasteiger partial charge in [-0.2, -0.15) is 0 Å². The lowest BCUT2D eigenvalue weighted by Crippen LogP contribution is -2.48. The molecular formula is C26H40NO4+. The normalized spacial score (nSPS) is 11.7. The monoisotopic (exact) mass is 430 g/mol. The van der Waals surface area contributed by atoms with Gasteiger partial charge < -0.3 is 13.6 Å². The molecule has 0 aliphatic carbocycles. The Bertz CT molecular complexity index is 846. The highest BCUT2D eigenvalue weighted by Crippen LogP contribution is 2.19. The Labute approximate surface area is 187 Å². The van der Waals surface area contributed by atoms with Crippen LogP contribution < -0.4 is 10.2 Å². The minimum atomic E-state index is -0.234. The molecule has 2 rings (SSSR count). The largest absolute Gasteiger partial charge is 0.464 e. The number of nitrogens with zero attached hydrogens (tertiary/aromatic N) is 1. The van der Waals surface area contributed by atoms with Crippen LogP contribution in [0.5, 0.6) is 5.75 Å². The summed E-state index contributed by atoms with van der Waals surface area (Å²) in [7, 11) is 0. The van der Waals surface area contributed by atoms with Gasteiger partial charge in [0.1, 0.15) is 11.3 Å². The van der Waals surface area contributed by atoms with E-state index in [0.717, 1.165) is 12.8 Å². The van der Waals surface area contributed by atoms with Crippen molar-refractivity contribution in [1.82, 2.24) is 0 Å². The van der Waals surface area contributed by atoms with Crippen molar-refractivity contribution in [3.63, 3.8) is 0 Å². The maximum Gasteiger partial charge on any atom is 0.311 e. The van der Waals surface area contributed by atoms with Crippen molar-refractivity contribution in [2.24, 2.45) is 0 Å². The lowest BCUT2D eigenvalue weighted by molar-refractivity contribution is -0.923. The van der Waals surface area contributed by atoms with Crippen molar-refractivity contribution in [3.8, 4) is 5.75 Å². The predicted molar refractivity (Wildman–Crippen MR) is 126 cm³/mol. The van der Waals surface area contributed by atoms with Crippen molar-refractivity contribution in [3.05, 3.63) is 40.8 Å². The number of rotatable bonds is 15. The molecule has 5 heteroatoms. The summed E-state index contributed by atoms with van der Waals surface area (Å²) in [5, 5.41) is 0.488. The molecule has 31 heavy (non-hydrogen) atoms. The molecule has 0 unspecified atom stereocenters. The van der Waals surface area contributed by atoms with Crippen LogP contribution in [0.1, 0.15) is 78.6 Å². The molecular weight excluding hydrogens is 390 g/mol. The molecule has 0 radical (unpaired) electrons. The van der Waals surface area contributed by atoms with Gasteiger partial charge in [0, 0.05) is 18.6 Å². The molecule has 0 spiro atoms. The van der Waals surface area contributed by atoms with E-state index in [-0.39, 0.29) is 11.4 Å². The van der Waals surface area contributed by atoms with E-state index in [2.05, 4.69) is 20.8 Å². The third-order valence-corrected chi connectivity index (χ3v) is 6.64. The van der Waals surface area contributed by atoms with E-state index in [4.69, 9.17) is 9.15 Å². The molecule has 0 aliphatic heterocycles. The topological polar surface area (TPSA) is 56.5 Å².